The highest BCUT2D eigenvalue weighted by Gasteiger charge is 2.24. The molecule has 29 heavy (non-hydrogen) atoms. The summed E-state index contributed by atoms with van der Waals surface area (Å²) in [5.74, 6) is -1.07. The third-order valence-electron chi connectivity index (χ3n) is 4.94. The van der Waals surface area contributed by atoms with Crippen molar-refractivity contribution >= 4 is 32.9 Å². The second-order valence-corrected chi connectivity index (χ2v) is 7.79. The van der Waals surface area contributed by atoms with E-state index in [-0.39, 0.29) is 36.0 Å². The fourth-order valence-electron chi connectivity index (χ4n) is 3.37. The van der Waals surface area contributed by atoms with Crippen LogP contribution >= 0.6 is 15.9 Å². The van der Waals surface area contributed by atoms with Gasteiger partial charge >= 0.3 is 5.97 Å². The van der Waals surface area contributed by atoms with Crippen molar-refractivity contribution in [1.82, 2.24) is 9.55 Å². The van der Waals surface area contributed by atoms with E-state index in [2.05, 4.69) is 20.9 Å². The van der Waals surface area contributed by atoms with E-state index in [1.165, 1.54) is 6.07 Å². The molecule has 1 aliphatic rings. The van der Waals surface area contributed by atoms with Crippen LogP contribution in [0.2, 0.25) is 0 Å². The van der Waals surface area contributed by atoms with Gasteiger partial charge in [0.1, 0.15) is 17.2 Å². The lowest BCUT2D eigenvalue weighted by molar-refractivity contribution is -0.0589. The van der Waals surface area contributed by atoms with Crippen molar-refractivity contribution in [3.63, 3.8) is 0 Å². The second-order valence-electron chi connectivity index (χ2n) is 6.88. The number of ether oxygens (including phenoxy) is 2. The zero-order chi connectivity index (χ0) is 20.5. The minimum Gasteiger partial charge on any atom is -0.462 e. The zero-order valence-electron chi connectivity index (χ0n) is 15.8. The maximum absolute atomic E-state index is 14.7. The molecule has 0 bridgehead atoms. The Balaban J connectivity index is 1.80. The Morgan fingerprint density at radius 1 is 1.31 bits per heavy atom. The molecule has 0 spiro atoms. The van der Waals surface area contributed by atoms with Gasteiger partial charge in [0.15, 0.2) is 5.82 Å². The van der Waals surface area contributed by atoms with Crippen molar-refractivity contribution in [2.75, 3.05) is 13.2 Å². The molecule has 0 radical (unpaired) electrons. The van der Waals surface area contributed by atoms with Gasteiger partial charge in [0.05, 0.1) is 30.3 Å². The maximum Gasteiger partial charge on any atom is 0.338 e. The molecule has 3 aromatic rings. The fourth-order valence-corrected chi connectivity index (χ4v) is 3.70. The average molecular weight is 465 g/mol. The topological polar surface area (TPSA) is 53.3 Å². The lowest BCUT2D eigenvalue weighted by atomic mass is 10.1. The van der Waals surface area contributed by atoms with Crippen molar-refractivity contribution < 1.29 is 23.0 Å². The molecule has 0 aliphatic carbocycles. The van der Waals surface area contributed by atoms with Gasteiger partial charge in [-0.05, 0) is 43.2 Å². The van der Waals surface area contributed by atoms with Gasteiger partial charge in [-0.3, -0.25) is 0 Å². The van der Waals surface area contributed by atoms with E-state index in [0.717, 1.165) is 12.5 Å². The Labute approximate surface area is 174 Å². The van der Waals surface area contributed by atoms with Crippen molar-refractivity contribution in [3.8, 4) is 0 Å². The fraction of sp³-hybridized carbons (Fsp3) is 0.333. The number of rotatable bonds is 6. The molecule has 5 nitrogen and oxygen atoms in total. The van der Waals surface area contributed by atoms with Crippen LogP contribution in [0.4, 0.5) is 8.78 Å². The summed E-state index contributed by atoms with van der Waals surface area (Å²) in [6, 6.07) is 7.51. The molecule has 4 rings (SSSR count). The highest BCUT2D eigenvalue weighted by atomic mass is 79.9. The van der Waals surface area contributed by atoms with E-state index in [1.54, 1.807) is 25.1 Å². The zero-order valence-corrected chi connectivity index (χ0v) is 17.3. The molecule has 0 N–H and O–H groups in total. The van der Waals surface area contributed by atoms with Crippen LogP contribution in [0.1, 0.15) is 35.1 Å². The lowest BCUT2D eigenvalue weighted by Crippen LogP contribution is -2.31. The molecule has 1 aromatic heterocycles. The minimum absolute atomic E-state index is 0.0183. The molecule has 0 amide bonds. The van der Waals surface area contributed by atoms with Gasteiger partial charge in [-0.15, -0.1) is 0 Å². The largest absolute Gasteiger partial charge is 0.462 e. The normalized spacial score (nSPS) is 16.1. The molecule has 1 fully saturated rings. The van der Waals surface area contributed by atoms with E-state index in [1.807, 2.05) is 4.57 Å². The Hall–Kier alpha value is -2.32. The van der Waals surface area contributed by atoms with Crippen molar-refractivity contribution in [2.24, 2.45) is 0 Å². The first-order chi connectivity index (χ1) is 14.0. The number of carbonyl (C=O) groups is 1. The van der Waals surface area contributed by atoms with Gasteiger partial charge in [0, 0.05) is 17.5 Å². The maximum atomic E-state index is 14.7. The Morgan fingerprint density at radius 3 is 2.76 bits per heavy atom. The predicted molar refractivity (Wildman–Crippen MR) is 107 cm³/mol. The van der Waals surface area contributed by atoms with E-state index < -0.39 is 11.8 Å². The molecular formula is C21H19BrF2N2O3. The number of esters is 1. The van der Waals surface area contributed by atoms with Crippen molar-refractivity contribution in [3.05, 3.63) is 63.4 Å². The first kappa shape index (κ1) is 20.0. The number of fused-ring (bicyclic) bond motifs is 1. The molecule has 2 aromatic carbocycles. The molecule has 0 saturated carbocycles. The highest BCUT2D eigenvalue weighted by molar-refractivity contribution is 9.10. The number of hydrogen-bond acceptors (Lipinski definition) is 4. The first-order valence-corrected chi connectivity index (χ1v) is 10.2. The number of benzene rings is 2. The van der Waals surface area contributed by atoms with Crippen LogP contribution in [0.5, 0.6) is 0 Å². The Kier molecular flexibility index (Phi) is 5.65. The minimum atomic E-state index is -0.614. The summed E-state index contributed by atoms with van der Waals surface area (Å²) >= 11 is 3.25. The van der Waals surface area contributed by atoms with E-state index in [9.17, 15) is 13.6 Å². The Bertz CT molecular complexity index is 1080. The van der Waals surface area contributed by atoms with E-state index in [4.69, 9.17) is 9.47 Å². The number of hydrogen-bond donors (Lipinski definition) is 0. The average Bonchev–Trinajstić information content (AvgIpc) is 2.98. The molecule has 0 unspecified atom stereocenters. The van der Waals surface area contributed by atoms with Crippen LogP contribution in [0.25, 0.3) is 11.0 Å². The van der Waals surface area contributed by atoms with Gasteiger partial charge in [-0.2, -0.15) is 0 Å². The molecule has 8 heteroatoms. The lowest BCUT2D eigenvalue weighted by Gasteiger charge is -2.27. The molecule has 1 aliphatic heterocycles. The summed E-state index contributed by atoms with van der Waals surface area (Å²) in [5.41, 5.74) is 1.18. The van der Waals surface area contributed by atoms with Crippen LogP contribution in [-0.2, 0) is 22.4 Å². The Morgan fingerprint density at radius 2 is 2.10 bits per heavy atom. The summed E-state index contributed by atoms with van der Waals surface area (Å²) in [7, 11) is 0. The molecule has 2 heterocycles. The van der Waals surface area contributed by atoms with Gasteiger partial charge in [0.25, 0.3) is 0 Å². The molecule has 1 saturated heterocycles. The summed E-state index contributed by atoms with van der Waals surface area (Å²) < 4.78 is 42.1. The number of aromatic nitrogens is 2. The van der Waals surface area contributed by atoms with Crippen molar-refractivity contribution in [1.29, 1.82) is 0 Å². The van der Waals surface area contributed by atoms with Crippen molar-refractivity contribution in [2.45, 2.75) is 32.4 Å². The summed E-state index contributed by atoms with van der Waals surface area (Å²) in [6.07, 6.45) is 1.05. The summed E-state index contributed by atoms with van der Waals surface area (Å²) in [4.78, 5) is 16.5. The van der Waals surface area contributed by atoms with Gasteiger partial charge in [-0.1, -0.05) is 22.0 Å². The van der Waals surface area contributed by atoms with Gasteiger partial charge < -0.3 is 14.0 Å². The van der Waals surface area contributed by atoms with Crippen LogP contribution in [0, 0.1) is 11.6 Å². The quantitative estimate of drug-likeness (QED) is 0.499. The molecule has 152 valence electrons. The predicted octanol–water partition coefficient (Wildman–Crippen LogP) is 4.63. The standard InChI is InChI=1S/C21H19BrF2N2O3/c1-2-28-21(27)13-7-17(24)20-18(8-13)26(11-15-5-6-29-15)19(25-20)9-12-3-4-14(22)10-16(12)23/h3-4,7-8,10,15H,2,5-6,9,11H2,1H3/t15-/m0/s1. The van der Waals surface area contributed by atoms with Crippen LogP contribution in [0.3, 0.4) is 0 Å². The van der Waals surface area contributed by atoms with Gasteiger partial charge in [-0.25, -0.2) is 18.6 Å². The van der Waals surface area contributed by atoms with Crippen LogP contribution in [0.15, 0.2) is 34.8 Å². The SMILES string of the molecule is CCOC(=O)c1cc(F)c2nc(Cc3ccc(Br)cc3F)n(C[C@@H]3CCO3)c2c1. The monoisotopic (exact) mass is 464 g/mol. The highest BCUT2D eigenvalue weighted by Crippen LogP contribution is 2.27. The molecule has 1 atom stereocenters. The first-order valence-electron chi connectivity index (χ1n) is 9.37. The van der Waals surface area contributed by atoms with Gasteiger partial charge in [0.2, 0.25) is 0 Å². The van der Waals surface area contributed by atoms with E-state index in [0.29, 0.717) is 34.5 Å². The summed E-state index contributed by atoms with van der Waals surface area (Å²) in [6.45, 7) is 3.02. The third kappa shape index (κ3) is 4.04. The van der Waals surface area contributed by atoms with Crippen LogP contribution < -0.4 is 0 Å². The number of imidazole rings is 1. The van der Waals surface area contributed by atoms with E-state index >= 15 is 0 Å². The molecular weight excluding hydrogens is 446 g/mol. The third-order valence-corrected chi connectivity index (χ3v) is 5.43. The second kappa shape index (κ2) is 8.20. The summed E-state index contributed by atoms with van der Waals surface area (Å²) in [5, 5.41) is 0. The number of carbonyl (C=O) groups excluding carboxylic acids is 1. The smallest absolute Gasteiger partial charge is 0.338 e. The number of nitrogens with zero attached hydrogens (tertiary/aromatic N) is 2. The number of halogens is 3. The van der Waals surface area contributed by atoms with Crippen LogP contribution in [-0.4, -0.2) is 34.8 Å².